The molecular weight excluding hydrogens is 388 g/mol. The van der Waals surface area contributed by atoms with Crippen molar-refractivity contribution in [1.29, 1.82) is 0 Å². The first-order valence-electron chi connectivity index (χ1n) is 8.10. The van der Waals surface area contributed by atoms with E-state index in [1.165, 1.54) is 9.80 Å². The molecule has 0 N–H and O–H groups in total. The molecule has 1 fully saturated rings. The molecule has 1 saturated heterocycles. The van der Waals surface area contributed by atoms with Crippen molar-refractivity contribution in [2.24, 2.45) is 0 Å². The summed E-state index contributed by atoms with van der Waals surface area (Å²) >= 11 is 3.22. The van der Waals surface area contributed by atoms with Gasteiger partial charge in [0.25, 0.3) is 11.8 Å². The van der Waals surface area contributed by atoms with Crippen molar-refractivity contribution < 1.29 is 19.2 Å². The normalized spacial score (nSPS) is 21.0. The van der Waals surface area contributed by atoms with E-state index >= 15 is 0 Å². The largest absolute Gasteiger partial charge is 0.274 e. The number of likely N-dealkylation sites (tertiary alicyclic amines) is 1. The number of carbonyl (C=O) groups is 4. The van der Waals surface area contributed by atoms with E-state index in [2.05, 4.69) is 15.9 Å². The van der Waals surface area contributed by atoms with Gasteiger partial charge in [-0.3, -0.25) is 29.0 Å². The Morgan fingerprint density at radius 1 is 1.08 bits per heavy atom. The molecule has 132 valence electrons. The summed E-state index contributed by atoms with van der Waals surface area (Å²) in [5.41, 5.74) is 0.399. The number of hydrogen-bond donors (Lipinski definition) is 0. The number of carbonyl (C=O) groups excluding carboxylic acids is 4. The Hall–Kier alpha value is -2.02. The molecule has 4 amide bonds. The summed E-state index contributed by atoms with van der Waals surface area (Å²) in [6.07, 6.45) is 0.117. The van der Waals surface area contributed by atoms with Crippen LogP contribution in [-0.4, -0.2) is 44.3 Å². The zero-order chi connectivity index (χ0) is 18.7. The fraction of sp³-hybridized carbons (Fsp3) is 0.444. The second-order valence-corrected chi connectivity index (χ2v) is 8.24. The van der Waals surface area contributed by atoms with Gasteiger partial charge in [-0.2, -0.15) is 0 Å². The predicted octanol–water partition coefficient (Wildman–Crippen LogP) is 2.45. The van der Waals surface area contributed by atoms with Crippen molar-refractivity contribution in [2.45, 2.75) is 50.5 Å². The molecule has 2 heterocycles. The summed E-state index contributed by atoms with van der Waals surface area (Å²) < 4.78 is 0. The maximum Gasteiger partial charge on any atom is 0.261 e. The number of hydrogen-bond acceptors (Lipinski definition) is 4. The molecule has 0 aliphatic carbocycles. The lowest BCUT2D eigenvalue weighted by Crippen LogP contribution is -2.45. The molecule has 1 atom stereocenters. The molecule has 25 heavy (non-hydrogen) atoms. The summed E-state index contributed by atoms with van der Waals surface area (Å²) in [4.78, 5) is 51.5. The molecule has 6 nitrogen and oxygen atoms in total. The van der Waals surface area contributed by atoms with Gasteiger partial charge < -0.3 is 0 Å². The monoisotopic (exact) mass is 406 g/mol. The number of fused-ring (bicyclic) bond motifs is 1. The van der Waals surface area contributed by atoms with Gasteiger partial charge in [0.05, 0.1) is 16.7 Å². The van der Waals surface area contributed by atoms with Gasteiger partial charge in [-0.25, -0.2) is 0 Å². The lowest BCUT2D eigenvalue weighted by molar-refractivity contribution is -0.144. The lowest BCUT2D eigenvalue weighted by atomic mass is 9.90. The highest BCUT2D eigenvalue weighted by Crippen LogP contribution is 2.36. The minimum Gasteiger partial charge on any atom is -0.274 e. The van der Waals surface area contributed by atoms with Crippen LogP contribution in [0.3, 0.4) is 0 Å². The molecule has 0 spiro atoms. The van der Waals surface area contributed by atoms with Crippen molar-refractivity contribution in [1.82, 2.24) is 9.80 Å². The Morgan fingerprint density at radius 3 is 2.20 bits per heavy atom. The van der Waals surface area contributed by atoms with Crippen molar-refractivity contribution in [3.8, 4) is 0 Å². The Kier molecular flexibility index (Phi) is 4.10. The van der Waals surface area contributed by atoms with Crippen molar-refractivity contribution in [2.75, 3.05) is 0 Å². The average molecular weight is 407 g/mol. The van der Waals surface area contributed by atoms with Gasteiger partial charge in [0.2, 0.25) is 11.8 Å². The highest BCUT2D eigenvalue weighted by molar-refractivity contribution is 9.10. The number of amides is 4. The zero-order valence-corrected chi connectivity index (χ0v) is 16.1. The van der Waals surface area contributed by atoms with Gasteiger partial charge in [0, 0.05) is 12.5 Å². The van der Waals surface area contributed by atoms with E-state index in [-0.39, 0.29) is 36.1 Å². The first-order valence-corrected chi connectivity index (χ1v) is 9.02. The number of nitrogens with zero attached hydrogens (tertiary/aromatic N) is 2. The smallest absolute Gasteiger partial charge is 0.261 e. The fourth-order valence-electron chi connectivity index (χ4n) is 3.42. The molecule has 2 aliphatic rings. The second kappa shape index (κ2) is 5.76. The van der Waals surface area contributed by atoms with E-state index in [0.29, 0.717) is 16.7 Å². The van der Waals surface area contributed by atoms with Crippen LogP contribution in [0.2, 0.25) is 0 Å². The second-order valence-electron chi connectivity index (χ2n) is 7.13. The zero-order valence-electron chi connectivity index (χ0n) is 14.5. The van der Waals surface area contributed by atoms with E-state index in [1.54, 1.807) is 45.9 Å². The first-order chi connectivity index (χ1) is 11.6. The van der Waals surface area contributed by atoms with Crippen LogP contribution in [0, 0.1) is 0 Å². The standard InChI is InChI=1S/C18H19BrN2O4/c1-9(2)20-15(23)11-6-5-10(7-12(11)16(20)24)18(3,4)21-14(22)8-13(19)17(21)25/h5-7,9,13H,8H2,1-4H3. The van der Waals surface area contributed by atoms with E-state index in [0.717, 1.165) is 0 Å². The van der Waals surface area contributed by atoms with Gasteiger partial charge in [-0.1, -0.05) is 22.0 Å². The fourth-order valence-corrected chi connectivity index (χ4v) is 3.90. The van der Waals surface area contributed by atoms with Gasteiger partial charge in [0.1, 0.15) is 4.83 Å². The Balaban J connectivity index is 2.04. The van der Waals surface area contributed by atoms with E-state index < -0.39 is 10.4 Å². The molecule has 7 heteroatoms. The van der Waals surface area contributed by atoms with Crippen LogP contribution in [0.25, 0.3) is 0 Å². The van der Waals surface area contributed by atoms with Gasteiger partial charge in [-0.05, 0) is 45.4 Å². The quantitative estimate of drug-likeness (QED) is 0.570. The number of halogens is 1. The van der Waals surface area contributed by atoms with Crippen LogP contribution in [0.5, 0.6) is 0 Å². The van der Waals surface area contributed by atoms with Crippen molar-refractivity contribution in [3.63, 3.8) is 0 Å². The molecule has 1 unspecified atom stereocenters. The summed E-state index contributed by atoms with van der Waals surface area (Å²) in [5, 5.41) is 0. The molecule has 0 saturated carbocycles. The average Bonchev–Trinajstić information content (AvgIpc) is 2.93. The minimum atomic E-state index is -0.916. The minimum absolute atomic E-state index is 0.117. The number of alkyl halides is 1. The first kappa shape index (κ1) is 17.8. The van der Waals surface area contributed by atoms with Crippen LogP contribution in [0.15, 0.2) is 18.2 Å². The highest BCUT2D eigenvalue weighted by atomic mass is 79.9. The van der Waals surface area contributed by atoms with Crippen molar-refractivity contribution >= 4 is 39.6 Å². The van der Waals surface area contributed by atoms with Crippen LogP contribution in [-0.2, 0) is 15.1 Å². The molecule has 1 aromatic carbocycles. The third-order valence-electron chi connectivity index (χ3n) is 4.79. The molecule has 0 bridgehead atoms. The summed E-state index contributed by atoms with van der Waals surface area (Å²) in [5.74, 6) is -1.21. The van der Waals surface area contributed by atoms with Gasteiger partial charge >= 0.3 is 0 Å². The third-order valence-corrected chi connectivity index (χ3v) is 5.51. The van der Waals surface area contributed by atoms with Crippen molar-refractivity contribution in [3.05, 3.63) is 34.9 Å². The molecule has 0 radical (unpaired) electrons. The Morgan fingerprint density at radius 2 is 1.68 bits per heavy atom. The third kappa shape index (κ3) is 2.52. The maximum absolute atomic E-state index is 12.6. The number of benzene rings is 1. The van der Waals surface area contributed by atoms with E-state index in [4.69, 9.17) is 0 Å². The Labute approximate surface area is 154 Å². The summed E-state index contributed by atoms with van der Waals surface area (Å²) in [6.45, 7) is 7.09. The summed E-state index contributed by atoms with van der Waals surface area (Å²) in [6, 6.07) is 4.70. The van der Waals surface area contributed by atoms with E-state index in [1.807, 2.05) is 0 Å². The molecule has 0 aromatic heterocycles. The molecule has 3 rings (SSSR count). The van der Waals surface area contributed by atoms with E-state index in [9.17, 15) is 19.2 Å². The van der Waals surface area contributed by atoms with Crippen LogP contribution >= 0.6 is 15.9 Å². The van der Waals surface area contributed by atoms with Crippen LogP contribution in [0.4, 0.5) is 0 Å². The van der Waals surface area contributed by atoms with Gasteiger partial charge in [0.15, 0.2) is 0 Å². The molecule has 2 aliphatic heterocycles. The van der Waals surface area contributed by atoms with Crippen LogP contribution in [0.1, 0.15) is 60.4 Å². The molecule has 1 aromatic rings. The SMILES string of the molecule is CC(C)N1C(=O)c2ccc(C(C)(C)N3C(=O)CC(Br)C3=O)cc2C1=O. The van der Waals surface area contributed by atoms with Crippen LogP contribution < -0.4 is 0 Å². The topological polar surface area (TPSA) is 74.8 Å². The number of imide groups is 2. The Bertz CT molecular complexity index is 815. The van der Waals surface area contributed by atoms with Gasteiger partial charge in [-0.15, -0.1) is 0 Å². The number of rotatable bonds is 3. The predicted molar refractivity (Wildman–Crippen MR) is 94.3 cm³/mol. The maximum atomic E-state index is 12.6. The lowest BCUT2D eigenvalue weighted by Gasteiger charge is -2.34. The highest BCUT2D eigenvalue weighted by Gasteiger charge is 2.46. The summed E-state index contributed by atoms with van der Waals surface area (Å²) in [7, 11) is 0. The molecular formula is C18H19BrN2O4.